The fraction of sp³-hybridized carbons (Fsp3) is 0.571. The molecule has 2 heterocycles. The van der Waals surface area contributed by atoms with Crippen molar-refractivity contribution in [3.8, 4) is 0 Å². The first kappa shape index (κ1) is 15.6. The maximum atomic E-state index is 12.1. The number of carbonyl (C=O) groups is 1. The number of anilines is 1. The number of rotatable bonds is 2. The fourth-order valence-corrected chi connectivity index (χ4v) is 2.85. The van der Waals surface area contributed by atoms with Gasteiger partial charge in [0.25, 0.3) is 0 Å². The lowest BCUT2D eigenvalue weighted by atomic mass is 10.2. The van der Waals surface area contributed by atoms with Crippen molar-refractivity contribution in [1.82, 2.24) is 4.98 Å². The highest BCUT2D eigenvalue weighted by Gasteiger charge is 2.25. The normalized spacial score (nSPS) is 15.3. The van der Waals surface area contributed by atoms with Crippen molar-refractivity contribution in [1.29, 1.82) is 0 Å². The van der Waals surface area contributed by atoms with E-state index < -0.39 is 5.60 Å². The van der Waals surface area contributed by atoms with E-state index in [0.29, 0.717) is 6.67 Å². The van der Waals surface area contributed by atoms with E-state index in [1.54, 1.807) is 7.05 Å². The minimum Gasteiger partial charge on any atom is -0.443 e. The Morgan fingerprint density at radius 1 is 1.38 bits per heavy atom. The zero-order chi connectivity index (χ0) is 15.6. The van der Waals surface area contributed by atoms with Crippen LogP contribution in [0.2, 0.25) is 0 Å². The van der Waals surface area contributed by atoms with Gasteiger partial charge in [0.1, 0.15) is 22.3 Å². The van der Waals surface area contributed by atoms with Crippen LogP contribution < -0.4 is 4.90 Å². The van der Waals surface area contributed by atoms with Crippen LogP contribution in [0.4, 0.5) is 9.80 Å². The predicted molar refractivity (Wildman–Crippen MR) is 86.1 cm³/mol. The fourth-order valence-electron chi connectivity index (χ4n) is 1.81. The van der Waals surface area contributed by atoms with Gasteiger partial charge < -0.3 is 4.74 Å². The molecule has 0 bridgehead atoms. The van der Waals surface area contributed by atoms with E-state index in [-0.39, 0.29) is 12.0 Å². The van der Waals surface area contributed by atoms with Gasteiger partial charge in [0.15, 0.2) is 0 Å². The zero-order valence-corrected chi connectivity index (χ0v) is 13.8. The standard InChI is InChI=1S/C14H20N4O2S/c1-9-12(18(5)13(19)20-14(2,3)4)21-11(17-9)10-6-15-8-16-7-10/h6-7,10H,8H2,1-5H3. The smallest absolute Gasteiger partial charge is 0.415 e. The Hall–Kier alpha value is -1.76. The van der Waals surface area contributed by atoms with E-state index in [2.05, 4.69) is 15.0 Å². The summed E-state index contributed by atoms with van der Waals surface area (Å²) in [7, 11) is 1.70. The van der Waals surface area contributed by atoms with Gasteiger partial charge in [-0.15, -0.1) is 0 Å². The highest BCUT2D eigenvalue weighted by Crippen LogP contribution is 2.32. The molecule has 0 atom stereocenters. The third-order valence-electron chi connectivity index (χ3n) is 2.74. The van der Waals surface area contributed by atoms with E-state index in [1.807, 2.05) is 40.1 Å². The summed E-state index contributed by atoms with van der Waals surface area (Å²) in [5.41, 5.74) is 0.283. The molecule has 114 valence electrons. The van der Waals surface area contributed by atoms with E-state index in [1.165, 1.54) is 16.2 Å². The molecule has 7 heteroatoms. The Bertz CT molecular complexity index is 574. The molecule has 0 aromatic carbocycles. The van der Waals surface area contributed by atoms with Gasteiger partial charge in [0.05, 0.1) is 11.6 Å². The number of carbonyl (C=O) groups excluding carboxylic acids is 1. The first-order valence-corrected chi connectivity index (χ1v) is 7.53. The number of ether oxygens (including phenoxy) is 1. The van der Waals surface area contributed by atoms with Gasteiger partial charge in [-0.1, -0.05) is 11.3 Å². The number of aryl methyl sites for hydroxylation is 1. The number of thiazole rings is 1. The van der Waals surface area contributed by atoms with Crippen molar-refractivity contribution >= 4 is 34.9 Å². The summed E-state index contributed by atoms with van der Waals surface area (Å²) in [5, 5.41) is 1.66. The Kier molecular flexibility index (Phi) is 4.41. The van der Waals surface area contributed by atoms with Crippen LogP contribution in [0.25, 0.3) is 0 Å². The lowest BCUT2D eigenvalue weighted by Crippen LogP contribution is -2.34. The van der Waals surface area contributed by atoms with Crippen LogP contribution in [0.3, 0.4) is 0 Å². The van der Waals surface area contributed by atoms with Crippen molar-refractivity contribution in [3.63, 3.8) is 0 Å². The molecular formula is C14H20N4O2S. The second-order valence-corrected chi connectivity index (χ2v) is 6.82. The lowest BCUT2D eigenvalue weighted by Gasteiger charge is -2.24. The van der Waals surface area contributed by atoms with Gasteiger partial charge in [0.2, 0.25) is 0 Å². The molecule has 0 radical (unpaired) electrons. The SMILES string of the molecule is Cc1nc(C2C=NCN=C2)sc1N(C)C(=O)OC(C)(C)C. The molecule has 1 aliphatic rings. The summed E-state index contributed by atoms with van der Waals surface area (Å²) in [6.07, 6.45) is 3.29. The summed E-state index contributed by atoms with van der Waals surface area (Å²) < 4.78 is 5.38. The Morgan fingerprint density at radius 2 is 2.00 bits per heavy atom. The first-order valence-electron chi connectivity index (χ1n) is 6.72. The molecule has 0 fully saturated rings. The van der Waals surface area contributed by atoms with Crippen LogP contribution in [-0.2, 0) is 4.74 Å². The second kappa shape index (κ2) is 5.93. The molecule has 2 rings (SSSR count). The molecule has 0 spiro atoms. The topological polar surface area (TPSA) is 67.2 Å². The number of aliphatic imine (C=N–C) groups is 2. The van der Waals surface area contributed by atoms with Crippen LogP contribution >= 0.6 is 11.3 Å². The molecule has 0 aliphatic carbocycles. The Labute approximate surface area is 128 Å². The van der Waals surface area contributed by atoms with E-state index >= 15 is 0 Å². The Morgan fingerprint density at radius 3 is 2.57 bits per heavy atom. The lowest BCUT2D eigenvalue weighted by molar-refractivity contribution is 0.0590. The van der Waals surface area contributed by atoms with Crippen LogP contribution in [0, 0.1) is 6.92 Å². The van der Waals surface area contributed by atoms with Crippen LogP contribution in [0.15, 0.2) is 9.98 Å². The van der Waals surface area contributed by atoms with Gasteiger partial charge in [0, 0.05) is 19.5 Å². The minimum absolute atomic E-state index is 0.0109. The molecule has 21 heavy (non-hydrogen) atoms. The van der Waals surface area contributed by atoms with Crippen molar-refractivity contribution in [2.45, 2.75) is 39.2 Å². The minimum atomic E-state index is -0.518. The van der Waals surface area contributed by atoms with Crippen LogP contribution in [-0.4, -0.2) is 42.8 Å². The monoisotopic (exact) mass is 308 g/mol. The van der Waals surface area contributed by atoms with Crippen molar-refractivity contribution < 1.29 is 9.53 Å². The number of hydrogen-bond donors (Lipinski definition) is 0. The zero-order valence-electron chi connectivity index (χ0n) is 13.0. The molecule has 0 N–H and O–H groups in total. The third kappa shape index (κ3) is 3.87. The molecule has 1 amide bonds. The summed E-state index contributed by atoms with van der Waals surface area (Å²) in [4.78, 5) is 26.4. The number of hydrogen-bond acceptors (Lipinski definition) is 6. The molecule has 1 aromatic heterocycles. The molecule has 1 aliphatic heterocycles. The van der Waals surface area contributed by atoms with Crippen molar-refractivity contribution in [3.05, 3.63) is 10.7 Å². The van der Waals surface area contributed by atoms with E-state index in [9.17, 15) is 4.79 Å². The Balaban J connectivity index is 2.18. The van der Waals surface area contributed by atoms with Gasteiger partial charge in [-0.05, 0) is 27.7 Å². The van der Waals surface area contributed by atoms with E-state index in [4.69, 9.17) is 4.74 Å². The quantitative estimate of drug-likeness (QED) is 0.843. The molecule has 0 unspecified atom stereocenters. The third-order valence-corrected chi connectivity index (χ3v) is 4.08. The number of nitrogens with zero attached hydrogens (tertiary/aromatic N) is 4. The summed E-state index contributed by atoms with van der Waals surface area (Å²) in [6.45, 7) is 7.90. The average molecular weight is 308 g/mol. The maximum Gasteiger partial charge on any atom is 0.415 e. The largest absolute Gasteiger partial charge is 0.443 e. The highest BCUT2D eigenvalue weighted by atomic mass is 32.1. The number of aromatic nitrogens is 1. The number of amides is 1. The first-order chi connectivity index (χ1) is 9.78. The van der Waals surface area contributed by atoms with Crippen molar-refractivity contribution in [2.75, 3.05) is 18.6 Å². The molecule has 1 aromatic rings. The summed E-state index contributed by atoms with van der Waals surface area (Å²) in [6, 6.07) is 0. The molecule has 0 saturated heterocycles. The summed E-state index contributed by atoms with van der Waals surface area (Å²) in [5.74, 6) is -0.0109. The molecular weight excluding hydrogens is 288 g/mol. The van der Waals surface area contributed by atoms with Gasteiger partial charge in [-0.3, -0.25) is 14.9 Å². The van der Waals surface area contributed by atoms with Crippen molar-refractivity contribution in [2.24, 2.45) is 9.98 Å². The molecule has 6 nitrogen and oxygen atoms in total. The summed E-state index contributed by atoms with van der Waals surface area (Å²) >= 11 is 1.46. The van der Waals surface area contributed by atoms with Gasteiger partial charge >= 0.3 is 6.09 Å². The highest BCUT2D eigenvalue weighted by molar-refractivity contribution is 7.16. The average Bonchev–Trinajstić information content (AvgIpc) is 2.79. The van der Waals surface area contributed by atoms with Crippen LogP contribution in [0.1, 0.15) is 37.4 Å². The predicted octanol–water partition coefficient (Wildman–Crippen LogP) is 3.02. The van der Waals surface area contributed by atoms with E-state index in [0.717, 1.165) is 15.7 Å². The van der Waals surface area contributed by atoms with Crippen LogP contribution in [0.5, 0.6) is 0 Å². The molecule has 0 saturated carbocycles. The van der Waals surface area contributed by atoms with Gasteiger partial charge in [-0.25, -0.2) is 9.78 Å². The second-order valence-electron chi connectivity index (χ2n) is 5.81. The maximum absolute atomic E-state index is 12.1. The van der Waals surface area contributed by atoms with Gasteiger partial charge in [-0.2, -0.15) is 0 Å².